The molecule has 0 N–H and O–H groups in total. The van der Waals surface area contributed by atoms with Gasteiger partial charge in [0.1, 0.15) is 11.5 Å². The first kappa shape index (κ1) is 23.5. The lowest BCUT2D eigenvalue weighted by molar-refractivity contribution is -0.0857. The molecule has 3 aromatic rings. The first-order valence-corrected chi connectivity index (χ1v) is 13.1. The van der Waals surface area contributed by atoms with Crippen molar-refractivity contribution in [1.82, 2.24) is 9.21 Å². The maximum absolute atomic E-state index is 13.4. The van der Waals surface area contributed by atoms with Crippen molar-refractivity contribution in [3.63, 3.8) is 0 Å². The molecule has 0 saturated carbocycles. The largest absolute Gasteiger partial charge is 0.497 e. The Kier molecular flexibility index (Phi) is 6.35. The summed E-state index contributed by atoms with van der Waals surface area (Å²) in [6.07, 6.45) is 0.854. The number of benzene rings is 3. The number of carbonyl (C=O) groups excluding carboxylic acids is 1. The predicted molar refractivity (Wildman–Crippen MR) is 133 cm³/mol. The normalized spacial score (nSPS) is 18.0. The van der Waals surface area contributed by atoms with Crippen LogP contribution in [0, 0.1) is 0 Å². The maximum Gasteiger partial charge on any atom is 0.253 e. The Bertz CT molecular complexity index is 1280. The van der Waals surface area contributed by atoms with Crippen LogP contribution in [0.25, 0.3) is 11.1 Å². The van der Waals surface area contributed by atoms with E-state index in [0.29, 0.717) is 50.4 Å². The minimum absolute atomic E-state index is 0.0537. The van der Waals surface area contributed by atoms with Crippen LogP contribution in [0.4, 0.5) is 0 Å². The van der Waals surface area contributed by atoms with Crippen LogP contribution in [0.1, 0.15) is 23.2 Å². The molecule has 0 aliphatic carbocycles. The van der Waals surface area contributed by atoms with Crippen molar-refractivity contribution in [2.45, 2.75) is 23.5 Å². The second kappa shape index (κ2) is 9.45. The summed E-state index contributed by atoms with van der Waals surface area (Å²) in [5.41, 5.74) is 1.85. The number of ether oxygens (including phenoxy) is 2. The highest BCUT2D eigenvalue weighted by Crippen LogP contribution is 2.38. The van der Waals surface area contributed by atoms with Gasteiger partial charge in [0.25, 0.3) is 5.91 Å². The number of hydrogen-bond donors (Lipinski definition) is 0. The van der Waals surface area contributed by atoms with Crippen LogP contribution in [-0.4, -0.2) is 62.6 Å². The summed E-state index contributed by atoms with van der Waals surface area (Å²) in [7, 11) is -2.20. The van der Waals surface area contributed by atoms with Crippen LogP contribution in [0.15, 0.2) is 83.8 Å². The number of sulfonamides is 1. The van der Waals surface area contributed by atoms with E-state index in [1.165, 1.54) is 4.31 Å². The molecule has 2 saturated heterocycles. The standard InChI is InChI=1S/C27H28N2O5S/c1-33-24-11-13-25(14-12-24)35(31,32)29-19-20-34-27(29)15-17-28(18-16-27)26(30)23-9-7-22(8-10-23)21-5-3-2-4-6-21/h2-14H,15-20H2,1H3. The number of methoxy groups -OCH3 is 1. The van der Waals surface area contributed by atoms with E-state index in [1.54, 1.807) is 36.3 Å². The van der Waals surface area contributed by atoms with Crippen LogP contribution in [0.5, 0.6) is 5.75 Å². The smallest absolute Gasteiger partial charge is 0.253 e. The molecule has 8 heteroatoms. The second-order valence-electron chi connectivity index (χ2n) is 8.78. The van der Waals surface area contributed by atoms with E-state index >= 15 is 0 Å². The van der Waals surface area contributed by atoms with Crippen molar-refractivity contribution in [3.8, 4) is 16.9 Å². The van der Waals surface area contributed by atoms with Crippen molar-refractivity contribution in [2.24, 2.45) is 0 Å². The third-order valence-electron chi connectivity index (χ3n) is 6.84. The third kappa shape index (κ3) is 4.45. The lowest BCUT2D eigenvalue weighted by Crippen LogP contribution is -2.55. The van der Waals surface area contributed by atoms with Crippen molar-refractivity contribution in [1.29, 1.82) is 0 Å². The molecule has 2 aliphatic rings. The van der Waals surface area contributed by atoms with Gasteiger partial charge in [-0.1, -0.05) is 42.5 Å². The first-order chi connectivity index (χ1) is 16.9. The molecule has 0 unspecified atom stereocenters. The molecule has 0 bridgehead atoms. The van der Waals surface area contributed by atoms with Gasteiger partial charge in [-0.25, -0.2) is 8.42 Å². The van der Waals surface area contributed by atoms with Crippen molar-refractivity contribution in [3.05, 3.63) is 84.4 Å². The van der Waals surface area contributed by atoms with E-state index in [4.69, 9.17) is 9.47 Å². The lowest BCUT2D eigenvalue weighted by atomic mass is 9.99. The molecular weight excluding hydrogens is 464 g/mol. The number of rotatable bonds is 5. The fraction of sp³-hybridized carbons (Fsp3) is 0.296. The Labute approximate surface area is 205 Å². The summed E-state index contributed by atoms with van der Waals surface area (Å²) in [4.78, 5) is 15.1. The molecule has 35 heavy (non-hydrogen) atoms. The molecule has 0 aromatic heterocycles. The van der Waals surface area contributed by atoms with Gasteiger partial charge >= 0.3 is 0 Å². The molecule has 7 nitrogen and oxygen atoms in total. The fourth-order valence-corrected chi connectivity index (χ4v) is 6.60. The number of amides is 1. The Balaban J connectivity index is 1.28. The first-order valence-electron chi connectivity index (χ1n) is 11.7. The van der Waals surface area contributed by atoms with E-state index in [-0.39, 0.29) is 10.8 Å². The molecule has 1 amide bonds. The highest BCUT2D eigenvalue weighted by molar-refractivity contribution is 7.89. The Morgan fingerprint density at radius 2 is 1.49 bits per heavy atom. The van der Waals surface area contributed by atoms with E-state index in [9.17, 15) is 13.2 Å². The Morgan fingerprint density at radius 1 is 0.857 bits per heavy atom. The summed E-state index contributed by atoms with van der Waals surface area (Å²) in [6.45, 7) is 1.48. The summed E-state index contributed by atoms with van der Waals surface area (Å²) in [6, 6.07) is 24.0. The zero-order chi connectivity index (χ0) is 24.5. The number of hydrogen-bond acceptors (Lipinski definition) is 5. The second-order valence-corrected chi connectivity index (χ2v) is 10.6. The number of carbonyl (C=O) groups is 1. The van der Waals surface area contributed by atoms with Gasteiger partial charge < -0.3 is 14.4 Å². The maximum atomic E-state index is 13.4. The van der Waals surface area contributed by atoms with Crippen LogP contribution < -0.4 is 4.74 Å². The Morgan fingerprint density at radius 3 is 2.11 bits per heavy atom. The highest BCUT2D eigenvalue weighted by Gasteiger charge is 2.51. The Hall–Kier alpha value is -3.20. The molecule has 2 fully saturated rings. The molecule has 5 rings (SSSR count). The molecule has 2 aliphatic heterocycles. The number of nitrogens with zero attached hydrogens (tertiary/aromatic N) is 2. The van der Waals surface area contributed by atoms with E-state index < -0.39 is 15.7 Å². The quantitative estimate of drug-likeness (QED) is 0.538. The van der Waals surface area contributed by atoms with Gasteiger partial charge in [0.15, 0.2) is 0 Å². The summed E-state index contributed by atoms with van der Waals surface area (Å²) >= 11 is 0. The topological polar surface area (TPSA) is 76.2 Å². The van der Waals surface area contributed by atoms with Crippen molar-refractivity contribution in [2.75, 3.05) is 33.4 Å². The average molecular weight is 493 g/mol. The predicted octanol–water partition coefficient (Wildman–Crippen LogP) is 4.02. The van der Waals surface area contributed by atoms with Crippen LogP contribution in [-0.2, 0) is 14.8 Å². The summed E-state index contributed by atoms with van der Waals surface area (Å²) in [5, 5.41) is 0. The molecule has 0 atom stereocenters. The van der Waals surface area contributed by atoms with E-state index in [2.05, 4.69) is 0 Å². The van der Waals surface area contributed by atoms with Gasteiger partial charge in [-0.2, -0.15) is 4.31 Å². The van der Waals surface area contributed by atoms with Crippen LogP contribution >= 0.6 is 0 Å². The molecule has 182 valence electrons. The molecule has 0 radical (unpaired) electrons. The minimum Gasteiger partial charge on any atom is -0.497 e. The van der Waals surface area contributed by atoms with Gasteiger partial charge in [0.2, 0.25) is 10.0 Å². The van der Waals surface area contributed by atoms with Gasteiger partial charge in [0, 0.05) is 38.0 Å². The summed E-state index contributed by atoms with van der Waals surface area (Å²) in [5.74, 6) is 0.543. The zero-order valence-corrected chi connectivity index (χ0v) is 20.4. The number of piperidine rings is 1. The monoisotopic (exact) mass is 492 g/mol. The molecule has 1 spiro atoms. The van der Waals surface area contributed by atoms with E-state index in [1.807, 2.05) is 54.6 Å². The SMILES string of the molecule is COc1ccc(S(=O)(=O)N2CCOC23CCN(C(=O)c2ccc(-c4ccccc4)cc2)CC3)cc1. The van der Waals surface area contributed by atoms with Crippen molar-refractivity contribution < 1.29 is 22.7 Å². The van der Waals surface area contributed by atoms with Crippen molar-refractivity contribution >= 4 is 15.9 Å². The fourth-order valence-electron chi connectivity index (χ4n) is 4.88. The number of likely N-dealkylation sites (tertiary alicyclic amines) is 1. The summed E-state index contributed by atoms with van der Waals surface area (Å²) < 4.78 is 39.5. The van der Waals surface area contributed by atoms with Crippen LogP contribution in [0.2, 0.25) is 0 Å². The third-order valence-corrected chi connectivity index (χ3v) is 8.80. The van der Waals surface area contributed by atoms with E-state index in [0.717, 1.165) is 11.1 Å². The van der Waals surface area contributed by atoms with Gasteiger partial charge in [0.05, 0.1) is 18.6 Å². The highest BCUT2D eigenvalue weighted by atomic mass is 32.2. The molecular formula is C27H28N2O5S. The lowest BCUT2D eigenvalue weighted by Gasteiger charge is -2.42. The van der Waals surface area contributed by atoms with Crippen LogP contribution in [0.3, 0.4) is 0 Å². The molecule has 2 heterocycles. The average Bonchev–Trinajstić information content (AvgIpc) is 3.33. The van der Waals surface area contributed by atoms with Gasteiger partial charge in [-0.3, -0.25) is 4.79 Å². The van der Waals surface area contributed by atoms with Gasteiger partial charge in [-0.05, 0) is 47.5 Å². The van der Waals surface area contributed by atoms with Gasteiger partial charge in [-0.15, -0.1) is 0 Å². The minimum atomic E-state index is -3.74. The zero-order valence-electron chi connectivity index (χ0n) is 19.6. The molecule has 3 aromatic carbocycles.